The molecule has 1 amide bonds. The number of nitrogens with zero attached hydrogens (tertiary/aromatic N) is 2. The molecule has 124 valence electrons. The predicted molar refractivity (Wildman–Crippen MR) is 100 cm³/mol. The summed E-state index contributed by atoms with van der Waals surface area (Å²) < 4.78 is 14.0. The van der Waals surface area contributed by atoms with Crippen molar-refractivity contribution in [2.24, 2.45) is 4.99 Å². The molecule has 7 heteroatoms. The number of aliphatic imine (C=N–C) groups is 1. The topological polar surface area (TPSA) is 32.7 Å². The second kappa shape index (κ2) is 7.68. The monoisotopic (exact) mass is 426 g/mol. The van der Waals surface area contributed by atoms with Crippen LogP contribution in [0.25, 0.3) is 0 Å². The van der Waals surface area contributed by atoms with E-state index in [1.165, 1.54) is 23.9 Å². The summed E-state index contributed by atoms with van der Waals surface area (Å²) in [6.07, 6.45) is 0. The van der Waals surface area contributed by atoms with Gasteiger partial charge in [0.2, 0.25) is 0 Å². The van der Waals surface area contributed by atoms with Gasteiger partial charge in [0.05, 0.1) is 17.1 Å². The zero-order chi connectivity index (χ0) is 17.1. The normalized spacial score (nSPS) is 14.0. The van der Waals surface area contributed by atoms with Gasteiger partial charge in [0.1, 0.15) is 5.82 Å². The third kappa shape index (κ3) is 3.99. The van der Waals surface area contributed by atoms with E-state index in [2.05, 4.69) is 20.9 Å². The highest BCUT2D eigenvalue weighted by Crippen LogP contribution is 2.26. The molecule has 0 N–H and O–H groups in total. The van der Waals surface area contributed by atoms with E-state index >= 15 is 0 Å². The first-order valence-electron chi connectivity index (χ1n) is 7.23. The number of hydrogen-bond donors (Lipinski definition) is 0. The van der Waals surface area contributed by atoms with E-state index in [1.807, 2.05) is 6.07 Å². The van der Waals surface area contributed by atoms with Gasteiger partial charge in [-0.2, -0.15) is 0 Å². The Morgan fingerprint density at radius 2 is 2.17 bits per heavy atom. The lowest BCUT2D eigenvalue weighted by molar-refractivity contribution is 0.0861. The summed E-state index contributed by atoms with van der Waals surface area (Å²) in [4.78, 5) is 18.8. The van der Waals surface area contributed by atoms with E-state index in [9.17, 15) is 9.18 Å². The van der Waals surface area contributed by atoms with E-state index < -0.39 is 0 Å². The maximum atomic E-state index is 13.3. The summed E-state index contributed by atoms with van der Waals surface area (Å²) in [5.74, 6) is 0.103. The van der Waals surface area contributed by atoms with Crippen molar-refractivity contribution < 1.29 is 9.18 Å². The third-order valence-corrected chi connectivity index (χ3v) is 5.37. The van der Waals surface area contributed by atoms with E-state index in [0.29, 0.717) is 34.6 Å². The highest BCUT2D eigenvalue weighted by atomic mass is 79.9. The molecule has 1 aliphatic heterocycles. The number of hydrogen-bond acceptors (Lipinski definition) is 3. The summed E-state index contributed by atoms with van der Waals surface area (Å²) in [6.45, 7) is 1.08. The summed E-state index contributed by atoms with van der Waals surface area (Å²) in [5, 5.41) is 1.05. The highest BCUT2D eigenvalue weighted by molar-refractivity contribution is 9.10. The SMILES string of the molecule is O=C(c1cc(Br)ccc1Cl)N1CCN=C1SCc1cccc(F)c1. The van der Waals surface area contributed by atoms with Gasteiger partial charge in [-0.05, 0) is 35.9 Å². The average molecular weight is 428 g/mol. The van der Waals surface area contributed by atoms with Crippen LogP contribution in [0.3, 0.4) is 0 Å². The van der Waals surface area contributed by atoms with E-state index in [-0.39, 0.29) is 11.7 Å². The first-order valence-corrected chi connectivity index (χ1v) is 9.39. The van der Waals surface area contributed by atoms with Crippen LogP contribution in [0, 0.1) is 5.82 Å². The Morgan fingerprint density at radius 1 is 1.33 bits per heavy atom. The van der Waals surface area contributed by atoms with Crippen molar-refractivity contribution in [3.63, 3.8) is 0 Å². The fraction of sp³-hybridized carbons (Fsp3) is 0.176. The van der Waals surface area contributed by atoms with Gasteiger partial charge in [-0.3, -0.25) is 14.7 Å². The highest BCUT2D eigenvalue weighted by Gasteiger charge is 2.26. The zero-order valence-corrected chi connectivity index (χ0v) is 15.7. The van der Waals surface area contributed by atoms with Gasteiger partial charge < -0.3 is 0 Å². The van der Waals surface area contributed by atoms with Crippen LogP contribution in [-0.4, -0.2) is 29.1 Å². The molecule has 3 nitrogen and oxygen atoms in total. The van der Waals surface area contributed by atoms with Crippen molar-refractivity contribution in [3.8, 4) is 0 Å². The van der Waals surface area contributed by atoms with Gasteiger partial charge in [-0.25, -0.2) is 4.39 Å². The molecule has 0 radical (unpaired) electrons. The van der Waals surface area contributed by atoms with Crippen LogP contribution in [-0.2, 0) is 5.75 Å². The van der Waals surface area contributed by atoms with E-state index in [0.717, 1.165) is 10.0 Å². The number of halogens is 3. The van der Waals surface area contributed by atoms with Gasteiger partial charge >= 0.3 is 0 Å². The molecular formula is C17H13BrClFN2OS. The van der Waals surface area contributed by atoms with Crippen LogP contribution in [0.15, 0.2) is 51.9 Å². The molecule has 2 aromatic rings. The van der Waals surface area contributed by atoms with E-state index in [4.69, 9.17) is 11.6 Å². The second-order valence-corrected chi connectivity index (χ2v) is 7.43. The molecule has 0 saturated heterocycles. The summed E-state index contributed by atoms with van der Waals surface area (Å²) in [7, 11) is 0. The Hall–Kier alpha value is -1.37. The third-order valence-electron chi connectivity index (χ3n) is 3.46. The smallest absolute Gasteiger partial charge is 0.261 e. The first-order chi connectivity index (χ1) is 11.5. The van der Waals surface area contributed by atoms with Gasteiger partial charge in [-0.15, -0.1) is 0 Å². The minimum atomic E-state index is -0.268. The zero-order valence-electron chi connectivity index (χ0n) is 12.5. The standard InChI is InChI=1S/C17H13BrClFN2OS/c18-12-4-5-15(19)14(9-12)16(23)22-7-6-21-17(22)24-10-11-2-1-3-13(20)8-11/h1-5,8-9H,6-7,10H2. The average Bonchev–Trinajstić information content (AvgIpc) is 3.03. The Kier molecular flexibility index (Phi) is 5.58. The molecule has 0 unspecified atom stereocenters. The maximum Gasteiger partial charge on any atom is 0.261 e. The molecule has 0 aromatic heterocycles. The number of amidine groups is 1. The van der Waals surface area contributed by atoms with Gasteiger partial charge in [-0.1, -0.05) is 51.4 Å². The molecule has 2 aromatic carbocycles. The number of carbonyl (C=O) groups is 1. The molecule has 1 heterocycles. The molecule has 0 bridgehead atoms. The first kappa shape index (κ1) is 17.5. The van der Waals surface area contributed by atoms with Gasteiger partial charge in [0.15, 0.2) is 5.17 Å². The fourth-order valence-corrected chi connectivity index (χ4v) is 3.87. The fourth-order valence-electron chi connectivity index (χ4n) is 2.32. The van der Waals surface area contributed by atoms with Gasteiger partial charge in [0, 0.05) is 16.8 Å². The molecule has 24 heavy (non-hydrogen) atoms. The van der Waals surface area contributed by atoms with Crippen molar-refractivity contribution in [2.45, 2.75) is 5.75 Å². The van der Waals surface area contributed by atoms with Crippen molar-refractivity contribution in [2.75, 3.05) is 13.1 Å². The minimum Gasteiger partial charge on any atom is -0.286 e. The Morgan fingerprint density at radius 3 is 2.96 bits per heavy atom. The van der Waals surface area contributed by atoms with Gasteiger partial charge in [0.25, 0.3) is 5.91 Å². The van der Waals surface area contributed by atoms with E-state index in [1.54, 1.807) is 29.2 Å². The predicted octanol–water partition coefficient (Wildman–Crippen LogP) is 4.99. The van der Waals surface area contributed by atoms with Crippen molar-refractivity contribution >= 4 is 50.4 Å². The molecule has 0 saturated carbocycles. The van der Waals surface area contributed by atoms with Crippen LogP contribution in [0.1, 0.15) is 15.9 Å². The number of thioether (sulfide) groups is 1. The Labute approximate surface area is 157 Å². The van der Waals surface area contributed by atoms with Crippen LogP contribution >= 0.6 is 39.3 Å². The molecule has 1 aliphatic rings. The number of carbonyl (C=O) groups excluding carboxylic acids is 1. The summed E-state index contributed by atoms with van der Waals surface area (Å²) in [5.41, 5.74) is 1.29. The molecule has 0 atom stereocenters. The largest absolute Gasteiger partial charge is 0.286 e. The Balaban J connectivity index is 1.73. The Bertz CT molecular complexity index is 815. The number of benzene rings is 2. The van der Waals surface area contributed by atoms with Crippen molar-refractivity contribution in [1.82, 2.24) is 4.90 Å². The quantitative estimate of drug-likeness (QED) is 0.691. The molecule has 0 spiro atoms. The lowest BCUT2D eigenvalue weighted by atomic mass is 10.2. The molecule has 0 aliphatic carbocycles. The molecule has 3 rings (SSSR count). The lowest BCUT2D eigenvalue weighted by Gasteiger charge is -2.18. The summed E-state index contributed by atoms with van der Waals surface area (Å²) in [6, 6.07) is 11.6. The lowest BCUT2D eigenvalue weighted by Crippen LogP contribution is -2.33. The van der Waals surface area contributed by atoms with Crippen LogP contribution < -0.4 is 0 Å². The number of rotatable bonds is 3. The maximum absolute atomic E-state index is 13.3. The molecule has 0 fully saturated rings. The van der Waals surface area contributed by atoms with Crippen LogP contribution in [0.5, 0.6) is 0 Å². The van der Waals surface area contributed by atoms with Crippen molar-refractivity contribution in [3.05, 3.63) is 68.9 Å². The van der Waals surface area contributed by atoms with Crippen LogP contribution in [0.4, 0.5) is 4.39 Å². The van der Waals surface area contributed by atoms with Crippen molar-refractivity contribution in [1.29, 1.82) is 0 Å². The molecular weight excluding hydrogens is 415 g/mol. The number of amides is 1. The minimum absolute atomic E-state index is 0.177. The van der Waals surface area contributed by atoms with Crippen LogP contribution in [0.2, 0.25) is 5.02 Å². The second-order valence-electron chi connectivity index (χ2n) is 5.16. The summed E-state index contributed by atoms with van der Waals surface area (Å²) >= 11 is 10.9.